The van der Waals surface area contributed by atoms with Crippen molar-refractivity contribution in [3.8, 4) is 0 Å². The Bertz CT molecular complexity index is 792. The summed E-state index contributed by atoms with van der Waals surface area (Å²) in [4.78, 5) is 33.6. The standard InChI is InChI=1S/C19H23N3O2S2/c1-12-4-5-14-16(11-12)26-19(20-14)21-17(23)13-6-8-22(9-7-13)18(24)15-3-2-10-25-15/h2-3,10,12-13H,4-9,11H2,1H3,(H,20,21,23). The minimum absolute atomic E-state index is 0.0396. The molecule has 7 heteroatoms. The molecule has 0 spiro atoms. The predicted molar refractivity (Wildman–Crippen MR) is 105 cm³/mol. The zero-order valence-corrected chi connectivity index (χ0v) is 16.5. The van der Waals surface area contributed by atoms with Gasteiger partial charge in [-0.05, 0) is 49.5 Å². The molecule has 1 N–H and O–H groups in total. The fourth-order valence-corrected chi connectivity index (χ4v) is 5.57. The second-order valence-electron chi connectivity index (χ2n) is 7.27. The van der Waals surface area contributed by atoms with E-state index >= 15 is 0 Å². The quantitative estimate of drug-likeness (QED) is 0.868. The molecule has 1 aliphatic carbocycles. The van der Waals surface area contributed by atoms with Crippen molar-refractivity contribution in [2.75, 3.05) is 18.4 Å². The Morgan fingerprint density at radius 1 is 1.27 bits per heavy atom. The fourth-order valence-electron chi connectivity index (χ4n) is 3.70. The summed E-state index contributed by atoms with van der Waals surface area (Å²) in [5.41, 5.74) is 1.17. The number of amides is 2. The lowest BCUT2D eigenvalue weighted by molar-refractivity contribution is -0.121. The third kappa shape index (κ3) is 3.69. The Hall–Kier alpha value is -1.73. The van der Waals surface area contributed by atoms with Crippen molar-refractivity contribution in [1.29, 1.82) is 0 Å². The van der Waals surface area contributed by atoms with Crippen LogP contribution in [0.15, 0.2) is 17.5 Å². The molecule has 2 aromatic rings. The van der Waals surface area contributed by atoms with E-state index in [1.165, 1.54) is 28.3 Å². The average molecular weight is 390 g/mol. The number of thiophene rings is 1. The third-order valence-corrected chi connectivity index (χ3v) is 7.19. The number of carbonyl (C=O) groups is 2. The van der Waals surface area contributed by atoms with Gasteiger partial charge in [-0.1, -0.05) is 13.0 Å². The first-order valence-corrected chi connectivity index (χ1v) is 10.9. The summed E-state index contributed by atoms with van der Waals surface area (Å²) < 4.78 is 0. The molecule has 0 saturated carbocycles. The molecule has 4 rings (SSSR count). The molecule has 1 atom stereocenters. The first-order chi connectivity index (χ1) is 12.6. The van der Waals surface area contributed by atoms with E-state index in [1.54, 1.807) is 11.3 Å². The van der Waals surface area contributed by atoms with Crippen LogP contribution in [0.4, 0.5) is 5.13 Å². The lowest BCUT2D eigenvalue weighted by atomic mass is 9.93. The zero-order chi connectivity index (χ0) is 18.1. The second-order valence-corrected chi connectivity index (χ2v) is 9.30. The van der Waals surface area contributed by atoms with E-state index in [1.807, 2.05) is 22.4 Å². The highest BCUT2D eigenvalue weighted by molar-refractivity contribution is 7.15. The number of anilines is 1. The maximum absolute atomic E-state index is 12.6. The van der Waals surface area contributed by atoms with Crippen molar-refractivity contribution in [2.24, 2.45) is 11.8 Å². The van der Waals surface area contributed by atoms with Crippen LogP contribution in [-0.4, -0.2) is 34.8 Å². The fraction of sp³-hybridized carbons (Fsp3) is 0.526. The molecule has 1 saturated heterocycles. The van der Waals surface area contributed by atoms with Crippen molar-refractivity contribution in [2.45, 2.75) is 39.0 Å². The largest absolute Gasteiger partial charge is 0.338 e. The summed E-state index contributed by atoms with van der Waals surface area (Å²) in [5.74, 6) is 0.798. The van der Waals surface area contributed by atoms with Gasteiger partial charge in [-0.15, -0.1) is 22.7 Å². The lowest BCUT2D eigenvalue weighted by Gasteiger charge is -2.30. The van der Waals surface area contributed by atoms with Crippen molar-refractivity contribution in [3.05, 3.63) is 33.0 Å². The summed E-state index contributed by atoms with van der Waals surface area (Å²) >= 11 is 3.10. The van der Waals surface area contributed by atoms with Crippen LogP contribution in [0.25, 0.3) is 0 Å². The molecule has 0 bridgehead atoms. The second kappa shape index (κ2) is 7.48. The number of thiazole rings is 1. The number of hydrogen-bond donors (Lipinski definition) is 1. The van der Waals surface area contributed by atoms with Crippen LogP contribution in [0.1, 0.15) is 46.4 Å². The number of aryl methyl sites for hydroxylation is 1. The van der Waals surface area contributed by atoms with Crippen LogP contribution in [0.2, 0.25) is 0 Å². The number of likely N-dealkylation sites (tertiary alicyclic amines) is 1. The minimum Gasteiger partial charge on any atom is -0.338 e. The van der Waals surface area contributed by atoms with E-state index in [4.69, 9.17) is 0 Å². The van der Waals surface area contributed by atoms with Gasteiger partial charge in [-0.25, -0.2) is 4.98 Å². The molecule has 0 aromatic carbocycles. The molecule has 5 nitrogen and oxygen atoms in total. The SMILES string of the molecule is CC1CCc2nc(NC(=O)C3CCN(C(=O)c4cccs4)CC3)sc2C1. The number of fused-ring (bicyclic) bond motifs is 1. The van der Waals surface area contributed by atoms with E-state index in [2.05, 4.69) is 17.2 Å². The predicted octanol–water partition coefficient (Wildman–Crippen LogP) is 3.82. The summed E-state index contributed by atoms with van der Waals surface area (Å²) in [6.07, 6.45) is 4.70. The number of nitrogens with zero attached hydrogens (tertiary/aromatic N) is 2. The Kier molecular flexibility index (Phi) is 5.09. The Morgan fingerprint density at radius 3 is 2.81 bits per heavy atom. The average Bonchev–Trinajstić information content (AvgIpc) is 3.30. The summed E-state index contributed by atoms with van der Waals surface area (Å²) in [6.45, 7) is 3.55. The van der Waals surface area contributed by atoms with Crippen LogP contribution < -0.4 is 5.32 Å². The van der Waals surface area contributed by atoms with Gasteiger partial charge in [0, 0.05) is 23.9 Å². The van der Waals surface area contributed by atoms with Crippen LogP contribution >= 0.6 is 22.7 Å². The highest BCUT2D eigenvalue weighted by Gasteiger charge is 2.29. The molecule has 138 valence electrons. The van der Waals surface area contributed by atoms with E-state index in [9.17, 15) is 9.59 Å². The van der Waals surface area contributed by atoms with Crippen molar-refractivity contribution >= 4 is 39.6 Å². The van der Waals surface area contributed by atoms with Gasteiger partial charge in [0.05, 0.1) is 10.6 Å². The normalized spacial score (nSPS) is 20.7. The van der Waals surface area contributed by atoms with Crippen LogP contribution in [0, 0.1) is 11.8 Å². The smallest absolute Gasteiger partial charge is 0.263 e. The summed E-state index contributed by atoms with van der Waals surface area (Å²) in [7, 11) is 0. The van der Waals surface area contributed by atoms with Gasteiger partial charge >= 0.3 is 0 Å². The molecule has 1 unspecified atom stereocenters. The van der Waals surface area contributed by atoms with Gasteiger partial charge in [0.1, 0.15) is 0 Å². The van der Waals surface area contributed by atoms with Gasteiger partial charge < -0.3 is 10.2 Å². The van der Waals surface area contributed by atoms with Crippen molar-refractivity contribution in [1.82, 2.24) is 9.88 Å². The first kappa shape index (κ1) is 17.7. The molecule has 2 aliphatic rings. The number of rotatable bonds is 3. The Morgan fingerprint density at radius 2 is 2.08 bits per heavy atom. The molecule has 3 heterocycles. The number of nitrogens with one attached hydrogen (secondary N) is 1. The number of aromatic nitrogens is 1. The van der Waals surface area contributed by atoms with E-state index < -0.39 is 0 Å². The van der Waals surface area contributed by atoms with Gasteiger partial charge in [0.2, 0.25) is 5.91 Å². The molecule has 1 aliphatic heterocycles. The number of carbonyl (C=O) groups excluding carboxylic acids is 2. The lowest BCUT2D eigenvalue weighted by Crippen LogP contribution is -2.41. The molecular formula is C19H23N3O2S2. The molecule has 1 fully saturated rings. The zero-order valence-electron chi connectivity index (χ0n) is 14.9. The monoisotopic (exact) mass is 389 g/mol. The van der Waals surface area contributed by atoms with Crippen LogP contribution in [-0.2, 0) is 17.6 Å². The van der Waals surface area contributed by atoms with Crippen LogP contribution in [0.3, 0.4) is 0 Å². The highest BCUT2D eigenvalue weighted by atomic mass is 32.1. The molecular weight excluding hydrogens is 366 g/mol. The number of piperidine rings is 1. The maximum atomic E-state index is 12.6. The minimum atomic E-state index is -0.0396. The van der Waals surface area contributed by atoms with Gasteiger partial charge in [-0.2, -0.15) is 0 Å². The van der Waals surface area contributed by atoms with Crippen molar-refractivity contribution < 1.29 is 9.59 Å². The number of hydrogen-bond acceptors (Lipinski definition) is 5. The Balaban J connectivity index is 1.32. The van der Waals surface area contributed by atoms with Crippen molar-refractivity contribution in [3.63, 3.8) is 0 Å². The highest BCUT2D eigenvalue weighted by Crippen LogP contribution is 2.32. The Labute approximate surface area is 161 Å². The van der Waals surface area contributed by atoms with Gasteiger partial charge in [0.15, 0.2) is 5.13 Å². The molecule has 2 aromatic heterocycles. The molecule has 26 heavy (non-hydrogen) atoms. The summed E-state index contributed by atoms with van der Waals surface area (Å²) in [6, 6.07) is 3.75. The molecule has 2 amide bonds. The van der Waals surface area contributed by atoms with E-state index in [-0.39, 0.29) is 17.7 Å². The molecule has 0 radical (unpaired) electrons. The topological polar surface area (TPSA) is 62.3 Å². The van der Waals surface area contributed by atoms with Gasteiger partial charge in [0.25, 0.3) is 5.91 Å². The maximum Gasteiger partial charge on any atom is 0.263 e. The van der Waals surface area contributed by atoms with Crippen LogP contribution in [0.5, 0.6) is 0 Å². The van der Waals surface area contributed by atoms with E-state index in [0.717, 1.165) is 22.9 Å². The summed E-state index contributed by atoms with van der Waals surface area (Å²) in [5, 5.41) is 5.68. The van der Waals surface area contributed by atoms with E-state index in [0.29, 0.717) is 31.8 Å². The third-order valence-electron chi connectivity index (χ3n) is 5.30. The first-order valence-electron chi connectivity index (χ1n) is 9.22. The van der Waals surface area contributed by atoms with Gasteiger partial charge in [-0.3, -0.25) is 9.59 Å².